The van der Waals surface area contributed by atoms with E-state index in [1.54, 1.807) is 18.2 Å². The van der Waals surface area contributed by atoms with E-state index in [2.05, 4.69) is 6.08 Å². The Morgan fingerprint density at radius 3 is 2.75 bits per heavy atom. The molecule has 0 aliphatic carbocycles. The Hall–Kier alpha value is -1.83. The number of benzene rings is 1. The Balaban J connectivity index is 2.94. The molecule has 1 aromatic carbocycles. The van der Waals surface area contributed by atoms with Crippen LogP contribution in [0.15, 0.2) is 35.9 Å². The van der Waals surface area contributed by atoms with Crippen molar-refractivity contribution < 1.29 is 9.90 Å². The second kappa shape index (κ2) is 5.91. The van der Waals surface area contributed by atoms with Crippen LogP contribution in [0.5, 0.6) is 5.75 Å². The van der Waals surface area contributed by atoms with Crippen molar-refractivity contribution >= 4 is 12.4 Å². The first kappa shape index (κ1) is 12.2. The van der Waals surface area contributed by atoms with Gasteiger partial charge in [0.1, 0.15) is 12.0 Å². The van der Waals surface area contributed by atoms with Gasteiger partial charge in [-0.1, -0.05) is 23.8 Å². The molecule has 0 aromatic heterocycles. The highest BCUT2D eigenvalue weighted by molar-refractivity contribution is 5.74. The van der Waals surface area contributed by atoms with E-state index in [0.29, 0.717) is 12.2 Å². The summed E-state index contributed by atoms with van der Waals surface area (Å²) < 4.78 is 0. The largest absolute Gasteiger partial charge is 0.508 e. The Bertz CT molecular complexity index is 424. The lowest BCUT2D eigenvalue weighted by atomic mass is 10.1. The van der Waals surface area contributed by atoms with Gasteiger partial charge in [0.05, 0.1) is 0 Å². The van der Waals surface area contributed by atoms with Crippen LogP contribution >= 0.6 is 0 Å². The van der Waals surface area contributed by atoms with Crippen molar-refractivity contribution in [1.82, 2.24) is 0 Å². The maximum absolute atomic E-state index is 10.2. The summed E-state index contributed by atoms with van der Waals surface area (Å²) in [5.41, 5.74) is 3.00. The Labute approximate surface area is 95.9 Å². The molecule has 0 saturated carbocycles. The number of hydrogen-bond donors (Lipinski definition) is 1. The number of aromatic hydroxyl groups is 1. The molecule has 0 fully saturated rings. The van der Waals surface area contributed by atoms with E-state index in [1.165, 1.54) is 11.6 Å². The first-order valence-electron chi connectivity index (χ1n) is 5.20. The molecular weight excluding hydrogens is 200 g/mol. The zero-order valence-electron chi connectivity index (χ0n) is 9.60. The second-order valence-electron chi connectivity index (χ2n) is 3.87. The van der Waals surface area contributed by atoms with E-state index < -0.39 is 0 Å². The minimum Gasteiger partial charge on any atom is -0.508 e. The van der Waals surface area contributed by atoms with Crippen molar-refractivity contribution in [3.05, 3.63) is 47.1 Å². The SMILES string of the molecule is CC(C)=CCc1cc(/C=C/C=O)ccc1O. The van der Waals surface area contributed by atoms with Crippen LogP contribution in [-0.4, -0.2) is 11.4 Å². The highest BCUT2D eigenvalue weighted by atomic mass is 16.3. The quantitative estimate of drug-likeness (QED) is 0.477. The molecule has 0 radical (unpaired) electrons. The van der Waals surface area contributed by atoms with Crippen LogP contribution in [0.3, 0.4) is 0 Å². The maximum atomic E-state index is 10.2. The zero-order valence-corrected chi connectivity index (χ0v) is 9.60. The number of allylic oxidation sites excluding steroid dienone is 3. The minimum atomic E-state index is 0.292. The predicted octanol–water partition coefficient (Wildman–Crippen LogP) is 3.11. The average molecular weight is 216 g/mol. The molecule has 84 valence electrons. The van der Waals surface area contributed by atoms with Crippen LogP contribution in [0.1, 0.15) is 25.0 Å². The average Bonchev–Trinajstić information content (AvgIpc) is 2.26. The van der Waals surface area contributed by atoms with Gasteiger partial charge in [-0.3, -0.25) is 4.79 Å². The summed E-state index contributed by atoms with van der Waals surface area (Å²) in [5.74, 6) is 0.292. The van der Waals surface area contributed by atoms with Crippen LogP contribution in [0.2, 0.25) is 0 Å². The van der Waals surface area contributed by atoms with Crippen molar-refractivity contribution in [3.8, 4) is 5.75 Å². The van der Waals surface area contributed by atoms with Crippen LogP contribution < -0.4 is 0 Å². The van der Waals surface area contributed by atoms with Gasteiger partial charge in [0.15, 0.2) is 0 Å². The van der Waals surface area contributed by atoms with Crippen molar-refractivity contribution in [1.29, 1.82) is 0 Å². The van der Waals surface area contributed by atoms with Crippen LogP contribution in [0, 0.1) is 0 Å². The third-order valence-electron chi connectivity index (χ3n) is 2.20. The molecule has 0 heterocycles. The number of hydrogen-bond acceptors (Lipinski definition) is 2. The van der Waals surface area contributed by atoms with Gasteiger partial charge < -0.3 is 5.11 Å². The second-order valence-corrected chi connectivity index (χ2v) is 3.87. The molecule has 0 aliphatic heterocycles. The number of aldehydes is 1. The van der Waals surface area contributed by atoms with E-state index >= 15 is 0 Å². The normalized spacial score (nSPS) is 10.4. The summed E-state index contributed by atoms with van der Waals surface area (Å²) in [6.07, 6.45) is 6.66. The van der Waals surface area contributed by atoms with Gasteiger partial charge in [-0.25, -0.2) is 0 Å². The molecule has 0 saturated heterocycles. The summed E-state index contributed by atoms with van der Waals surface area (Å²) in [6.45, 7) is 4.04. The van der Waals surface area contributed by atoms with Crippen molar-refractivity contribution in [3.63, 3.8) is 0 Å². The lowest BCUT2D eigenvalue weighted by Crippen LogP contribution is -1.85. The van der Waals surface area contributed by atoms with Crippen LogP contribution in [0.4, 0.5) is 0 Å². The van der Waals surface area contributed by atoms with Gasteiger partial charge in [-0.05, 0) is 49.6 Å². The lowest BCUT2D eigenvalue weighted by molar-refractivity contribution is -0.104. The number of carbonyl (C=O) groups is 1. The Kier molecular flexibility index (Phi) is 4.52. The zero-order chi connectivity index (χ0) is 12.0. The topological polar surface area (TPSA) is 37.3 Å². The van der Waals surface area contributed by atoms with E-state index in [0.717, 1.165) is 17.4 Å². The van der Waals surface area contributed by atoms with Gasteiger partial charge in [0.2, 0.25) is 0 Å². The molecule has 0 unspecified atom stereocenters. The first-order valence-corrected chi connectivity index (χ1v) is 5.20. The molecule has 0 spiro atoms. The molecule has 1 rings (SSSR count). The highest BCUT2D eigenvalue weighted by Gasteiger charge is 1.99. The van der Waals surface area contributed by atoms with Gasteiger partial charge in [0.25, 0.3) is 0 Å². The third-order valence-corrected chi connectivity index (χ3v) is 2.20. The molecule has 0 atom stereocenters. The number of carbonyl (C=O) groups excluding carboxylic acids is 1. The summed E-state index contributed by atoms with van der Waals surface area (Å²) in [4.78, 5) is 10.2. The van der Waals surface area contributed by atoms with Gasteiger partial charge in [0, 0.05) is 0 Å². The molecule has 1 N–H and O–H groups in total. The van der Waals surface area contributed by atoms with Gasteiger partial charge in [-0.2, -0.15) is 0 Å². The fourth-order valence-corrected chi connectivity index (χ4v) is 1.34. The Morgan fingerprint density at radius 2 is 2.12 bits per heavy atom. The predicted molar refractivity (Wildman–Crippen MR) is 66.3 cm³/mol. The Morgan fingerprint density at radius 1 is 1.38 bits per heavy atom. The molecule has 2 heteroatoms. The number of rotatable bonds is 4. The summed E-state index contributed by atoms with van der Waals surface area (Å²) in [6, 6.07) is 5.31. The number of phenolic OH excluding ortho intramolecular Hbond substituents is 1. The van der Waals surface area contributed by atoms with E-state index in [1.807, 2.05) is 19.9 Å². The van der Waals surface area contributed by atoms with Crippen molar-refractivity contribution in [2.75, 3.05) is 0 Å². The van der Waals surface area contributed by atoms with E-state index in [-0.39, 0.29) is 0 Å². The molecule has 1 aromatic rings. The maximum Gasteiger partial charge on any atom is 0.142 e. The van der Waals surface area contributed by atoms with E-state index in [4.69, 9.17) is 0 Å². The molecular formula is C14H16O2. The number of phenols is 1. The van der Waals surface area contributed by atoms with Gasteiger partial charge >= 0.3 is 0 Å². The van der Waals surface area contributed by atoms with Crippen molar-refractivity contribution in [2.45, 2.75) is 20.3 Å². The summed E-state index contributed by atoms with van der Waals surface area (Å²) in [5, 5.41) is 9.65. The standard InChI is InChI=1S/C14H16O2/c1-11(2)5-7-13-10-12(4-3-9-15)6-8-14(13)16/h3-6,8-10,16H,7H2,1-2H3/b4-3+. The minimum absolute atomic E-state index is 0.292. The molecule has 0 amide bonds. The summed E-state index contributed by atoms with van der Waals surface area (Å²) >= 11 is 0. The highest BCUT2D eigenvalue weighted by Crippen LogP contribution is 2.20. The van der Waals surface area contributed by atoms with Crippen molar-refractivity contribution in [2.24, 2.45) is 0 Å². The third kappa shape index (κ3) is 3.73. The first-order chi connectivity index (χ1) is 7.63. The monoisotopic (exact) mass is 216 g/mol. The van der Waals surface area contributed by atoms with Gasteiger partial charge in [-0.15, -0.1) is 0 Å². The summed E-state index contributed by atoms with van der Waals surface area (Å²) in [7, 11) is 0. The molecule has 0 bridgehead atoms. The lowest BCUT2D eigenvalue weighted by Gasteiger charge is -2.03. The van der Waals surface area contributed by atoms with E-state index in [9.17, 15) is 9.90 Å². The fourth-order valence-electron chi connectivity index (χ4n) is 1.34. The van der Waals surface area contributed by atoms with Crippen LogP contribution in [-0.2, 0) is 11.2 Å². The molecule has 0 aliphatic rings. The fraction of sp³-hybridized carbons (Fsp3) is 0.214. The van der Waals surface area contributed by atoms with Crippen LogP contribution in [0.25, 0.3) is 6.08 Å². The molecule has 16 heavy (non-hydrogen) atoms. The molecule has 2 nitrogen and oxygen atoms in total. The smallest absolute Gasteiger partial charge is 0.142 e.